The molecule has 0 spiro atoms. The van der Waals surface area contributed by atoms with E-state index in [2.05, 4.69) is 22.6 Å². The third-order valence-electron chi connectivity index (χ3n) is 5.18. The summed E-state index contributed by atoms with van der Waals surface area (Å²) >= 11 is 9.07. The van der Waals surface area contributed by atoms with Gasteiger partial charge in [0.05, 0.1) is 22.1 Å². The lowest BCUT2D eigenvalue weighted by Crippen LogP contribution is -2.27. The number of benzene rings is 3. The molecule has 2 amide bonds. The van der Waals surface area contributed by atoms with Gasteiger partial charge in [-0.25, -0.2) is 0 Å². The lowest BCUT2D eigenvalue weighted by Gasteiger charge is -2.14. The first-order valence-electron chi connectivity index (χ1n) is 10.4. The minimum atomic E-state index is -0.299. The highest BCUT2D eigenvalue weighted by molar-refractivity contribution is 14.1. The Bertz CT molecular complexity index is 1260. The number of hydrogen-bond donors (Lipinski definition) is 0. The molecule has 174 valence electrons. The van der Waals surface area contributed by atoms with Crippen molar-refractivity contribution in [1.29, 1.82) is 0 Å². The lowest BCUT2D eigenvalue weighted by molar-refractivity contribution is -0.123. The quantitative estimate of drug-likeness (QED) is 0.213. The summed E-state index contributed by atoms with van der Waals surface area (Å²) in [4.78, 5) is 27.1. The molecule has 34 heavy (non-hydrogen) atoms. The topological polar surface area (TPSA) is 55.8 Å². The molecule has 0 N–H and O–H groups in total. The van der Waals surface area contributed by atoms with Crippen molar-refractivity contribution in [1.82, 2.24) is 4.90 Å². The van der Waals surface area contributed by atoms with Crippen LogP contribution in [0.5, 0.6) is 11.5 Å². The van der Waals surface area contributed by atoms with Crippen LogP contribution in [0.15, 0.2) is 65.6 Å². The third-order valence-corrected chi connectivity index (χ3v) is 7.14. The molecule has 0 saturated carbocycles. The number of hydrogen-bond acceptors (Lipinski definition) is 5. The minimum Gasteiger partial charge on any atom is -0.493 e. The van der Waals surface area contributed by atoms with E-state index in [0.29, 0.717) is 28.0 Å². The monoisotopic (exact) mass is 605 g/mol. The second-order valence-electron chi connectivity index (χ2n) is 7.70. The normalized spacial score (nSPS) is 14.7. The Balaban J connectivity index is 1.52. The number of thioether (sulfide) groups is 1. The van der Waals surface area contributed by atoms with Crippen LogP contribution in [0.25, 0.3) is 6.08 Å². The molecule has 1 heterocycles. The molecule has 0 bridgehead atoms. The van der Waals surface area contributed by atoms with Crippen LogP contribution in [0.1, 0.15) is 22.3 Å². The Morgan fingerprint density at radius 2 is 1.71 bits per heavy atom. The third kappa shape index (κ3) is 5.76. The predicted molar refractivity (Wildman–Crippen MR) is 144 cm³/mol. The summed E-state index contributed by atoms with van der Waals surface area (Å²) in [5.74, 6) is 0.862. The van der Waals surface area contributed by atoms with Crippen molar-refractivity contribution in [2.24, 2.45) is 0 Å². The first-order chi connectivity index (χ1) is 16.3. The zero-order valence-electron chi connectivity index (χ0n) is 18.5. The van der Waals surface area contributed by atoms with Crippen LogP contribution in [0.3, 0.4) is 0 Å². The number of amides is 2. The Kier molecular flexibility index (Phi) is 7.85. The summed E-state index contributed by atoms with van der Waals surface area (Å²) in [6.07, 6.45) is 1.72. The highest BCUT2D eigenvalue weighted by Gasteiger charge is 2.35. The summed E-state index contributed by atoms with van der Waals surface area (Å²) in [5, 5.41) is 0.393. The Hall–Kier alpha value is -2.49. The van der Waals surface area contributed by atoms with E-state index >= 15 is 0 Å². The summed E-state index contributed by atoms with van der Waals surface area (Å²) < 4.78 is 12.4. The molecule has 0 radical (unpaired) electrons. The first-order valence-corrected chi connectivity index (χ1v) is 12.7. The predicted octanol–water partition coefficient (Wildman–Crippen LogP) is 7.08. The lowest BCUT2D eigenvalue weighted by atomic mass is 10.1. The van der Waals surface area contributed by atoms with E-state index in [0.717, 1.165) is 37.6 Å². The van der Waals surface area contributed by atoms with Crippen LogP contribution in [-0.4, -0.2) is 23.2 Å². The van der Waals surface area contributed by atoms with Crippen molar-refractivity contribution in [3.8, 4) is 11.5 Å². The van der Waals surface area contributed by atoms with Gasteiger partial charge in [0, 0.05) is 5.02 Å². The van der Waals surface area contributed by atoms with Crippen molar-refractivity contribution >= 4 is 63.2 Å². The van der Waals surface area contributed by atoms with Gasteiger partial charge in [-0.05, 0) is 88.3 Å². The molecule has 0 unspecified atom stereocenters. The number of nitrogens with zero attached hydrogens (tertiary/aromatic N) is 1. The molecule has 3 aromatic rings. The fraction of sp³-hybridized carbons (Fsp3) is 0.154. The molecule has 0 aromatic heterocycles. The smallest absolute Gasteiger partial charge is 0.293 e. The van der Waals surface area contributed by atoms with Gasteiger partial charge in [-0.3, -0.25) is 14.5 Å². The standard InChI is InChI=1S/C26H21ClINO4S/c1-16-3-5-17(6-4-16)14-29-25(30)23(34-26(29)31)13-19-11-21(28)24(22(12-19)32-2)33-15-18-7-9-20(27)10-8-18/h3-13H,14-15H2,1-2H3/b23-13+. The Morgan fingerprint density at radius 1 is 1.03 bits per heavy atom. The van der Waals surface area contributed by atoms with Gasteiger partial charge >= 0.3 is 0 Å². The summed E-state index contributed by atoms with van der Waals surface area (Å²) in [6, 6.07) is 18.9. The Labute approximate surface area is 221 Å². The maximum absolute atomic E-state index is 12.9. The largest absolute Gasteiger partial charge is 0.493 e. The SMILES string of the molecule is COc1cc(/C=C2/SC(=O)N(Cc3ccc(C)cc3)C2=O)cc(I)c1OCc1ccc(Cl)cc1. The number of carbonyl (C=O) groups excluding carboxylic acids is 2. The number of methoxy groups -OCH3 is 1. The van der Waals surface area contributed by atoms with Crippen LogP contribution < -0.4 is 9.47 Å². The van der Waals surface area contributed by atoms with Crippen LogP contribution in [0.4, 0.5) is 4.79 Å². The molecule has 5 nitrogen and oxygen atoms in total. The Morgan fingerprint density at radius 3 is 2.38 bits per heavy atom. The summed E-state index contributed by atoms with van der Waals surface area (Å²) in [7, 11) is 1.57. The van der Waals surface area contributed by atoms with Gasteiger partial charge in [0.15, 0.2) is 11.5 Å². The molecule has 1 aliphatic heterocycles. The van der Waals surface area contributed by atoms with Crippen molar-refractivity contribution in [2.45, 2.75) is 20.1 Å². The highest BCUT2D eigenvalue weighted by Crippen LogP contribution is 2.38. The van der Waals surface area contributed by atoms with Crippen molar-refractivity contribution in [3.63, 3.8) is 0 Å². The molecule has 4 rings (SSSR count). The van der Waals surface area contributed by atoms with E-state index in [4.69, 9.17) is 21.1 Å². The number of halogens is 2. The van der Waals surface area contributed by atoms with Gasteiger partial charge in [-0.15, -0.1) is 0 Å². The van der Waals surface area contributed by atoms with Crippen LogP contribution in [-0.2, 0) is 17.9 Å². The van der Waals surface area contributed by atoms with Gasteiger partial charge in [0.25, 0.3) is 11.1 Å². The van der Waals surface area contributed by atoms with Gasteiger partial charge in [-0.1, -0.05) is 53.6 Å². The molecule has 8 heteroatoms. The molecule has 0 aliphatic carbocycles. The fourth-order valence-electron chi connectivity index (χ4n) is 3.36. The molecule has 1 aliphatic rings. The number of rotatable bonds is 7. The molecular weight excluding hydrogens is 585 g/mol. The van der Waals surface area contributed by atoms with Gasteiger partial charge in [0.1, 0.15) is 6.61 Å². The van der Waals surface area contributed by atoms with E-state index < -0.39 is 0 Å². The van der Waals surface area contributed by atoms with E-state index in [1.807, 2.05) is 61.5 Å². The van der Waals surface area contributed by atoms with Gasteiger partial charge in [0.2, 0.25) is 0 Å². The first kappa shape index (κ1) is 24.6. The average molecular weight is 606 g/mol. The van der Waals surface area contributed by atoms with Gasteiger partial charge in [-0.2, -0.15) is 0 Å². The van der Waals surface area contributed by atoms with E-state index in [1.165, 1.54) is 4.90 Å². The maximum atomic E-state index is 12.9. The number of ether oxygens (including phenoxy) is 2. The molecule has 0 atom stereocenters. The minimum absolute atomic E-state index is 0.251. The zero-order chi connectivity index (χ0) is 24.2. The van der Waals surface area contributed by atoms with Crippen molar-refractivity contribution in [2.75, 3.05) is 7.11 Å². The maximum Gasteiger partial charge on any atom is 0.293 e. The van der Waals surface area contributed by atoms with Gasteiger partial charge < -0.3 is 9.47 Å². The van der Waals surface area contributed by atoms with Crippen LogP contribution in [0.2, 0.25) is 5.02 Å². The molecule has 3 aromatic carbocycles. The number of carbonyl (C=O) groups is 2. The number of imide groups is 1. The van der Waals surface area contributed by atoms with E-state index in [-0.39, 0.29) is 17.7 Å². The van der Waals surface area contributed by atoms with Crippen molar-refractivity contribution < 1.29 is 19.1 Å². The second kappa shape index (κ2) is 10.8. The second-order valence-corrected chi connectivity index (χ2v) is 10.3. The highest BCUT2D eigenvalue weighted by atomic mass is 127. The van der Waals surface area contributed by atoms with Crippen molar-refractivity contribution in [3.05, 3.63) is 96.4 Å². The average Bonchev–Trinajstić information content (AvgIpc) is 3.07. The molecule has 1 fully saturated rings. The molecular formula is C26H21ClINO4S. The fourth-order valence-corrected chi connectivity index (χ4v) is 5.11. The summed E-state index contributed by atoms with van der Waals surface area (Å²) in [6.45, 7) is 2.61. The van der Waals surface area contributed by atoms with E-state index in [9.17, 15) is 9.59 Å². The van der Waals surface area contributed by atoms with Crippen LogP contribution in [0, 0.1) is 10.5 Å². The van der Waals surface area contributed by atoms with Crippen LogP contribution >= 0.6 is 46.0 Å². The zero-order valence-corrected chi connectivity index (χ0v) is 22.2. The number of aryl methyl sites for hydroxylation is 1. The molecule has 1 saturated heterocycles. The summed E-state index contributed by atoms with van der Waals surface area (Å²) in [5.41, 5.74) is 3.77. The van der Waals surface area contributed by atoms with E-state index in [1.54, 1.807) is 19.3 Å².